The summed E-state index contributed by atoms with van der Waals surface area (Å²) in [5, 5.41) is 0. The van der Waals surface area contributed by atoms with E-state index >= 15 is 0 Å². The van der Waals surface area contributed by atoms with Crippen LogP contribution >= 0.6 is 0 Å². The van der Waals surface area contributed by atoms with Crippen molar-refractivity contribution in [1.82, 2.24) is 9.88 Å². The molecular weight excluding hydrogens is 330 g/mol. The third-order valence-electron chi connectivity index (χ3n) is 5.14. The first kappa shape index (κ1) is 16.7. The number of rotatable bonds is 3. The van der Waals surface area contributed by atoms with Gasteiger partial charge in [0, 0.05) is 44.3 Å². The van der Waals surface area contributed by atoms with Crippen LogP contribution in [-0.2, 0) is 11.2 Å². The van der Waals surface area contributed by atoms with Gasteiger partial charge in [-0.05, 0) is 30.2 Å². The molecule has 1 atom stereocenters. The van der Waals surface area contributed by atoms with E-state index in [2.05, 4.69) is 9.88 Å². The minimum absolute atomic E-state index is 0.123. The summed E-state index contributed by atoms with van der Waals surface area (Å²) in [4.78, 5) is 21.3. The molecule has 26 heavy (non-hydrogen) atoms. The van der Waals surface area contributed by atoms with Crippen molar-refractivity contribution in [1.29, 1.82) is 0 Å². The number of piperazine rings is 1. The predicted octanol–water partition coefficient (Wildman–Crippen LogP) is 1.99. The van der Waals surface area contributed by atoms with Gasteiger partial charge in [-0.2, -0.15) is 0 Å². The number of para-hydroxylation sites is 1. The Morgan fingerprint density at radius 1 is 1.15 bits per heavy atom. The number of carbonyl (C=O) groups is 1. The number of amides is 1. The topological polar surface area (TPSA) is 54.9 Å². The molecule has 1 aromatic carbocycles. The molecule has 0 spiro atoms. The van der Waals surface area contributed by atoms with Gasteiger partial charge in [0.05, 0.1) is 13.0 Å². The monoisotopic (exact) mass is 353 g/mol. The Morgan fingerprint density at radius 3 is 2.65 bits per heavy atom. The average molecular weight is 353 g/mol. The normalized spacial score (nSPS) is 19.5. The molecule has 6 nitrogen and oxygen atoms in total. The second-order valence-corrected chi connectivity index (χ2v) is 6.68. The number of ether oxygens (including phenoxy) is 2. The van der Waals surface area contributed by atoms with Crippen LogP contribution < -0.4 is 14.4 Å². The Morgan fingerprint density at radius 2 is 1.92 bits per heavy atom. The number of benzene rings is 1. The second kappa shape index (κ2) is 7.23. The highest BCUT2D eigenvalue weighted by atomic mass is 16.5. The van der Waals surface area contributed by atoms with Crippen molar-refractivity contribution >= 4 is 11.6 Å². The molecule has 0 N–H and O–H groups in total. The van der Waals surface area contributed by atoms with Crippen LogP contribution in [0.15, 0.2) is 42.7 Å². The van der Waals surface area contributed by atoms with Crippen molar-refractivity contribution in [3.8, 4) is 11.5 Å². The summed E-state index contributed by atoms with van der Waals surface area (Å²) < 4.78 is 11.2. The SMILES string of the molecule is COc1cccc2c1OC[C@@H](C(=O)N1CCN(c3ccncc3)CC1)C2. The highest BCUT2D eigenvalue weighted by Crippen LogP contribution is 2.36. The van der Waals surface area contributed by atoms with Crippen LogP contribution in [0.1, 0.15) is 5.56 Å². The van der Waals surface area contributed by atoms with Crippen LogP contribution in [0.25, 0.3) is 0 Å². The molecule has 136 valence electrons. The first-order chi connectivity index (χ1) is 12.8. The molecule has 1 amide bonds. The third kappa shape index (κ3) is 3.19. The number of anilines is 1. The average Bonchev–Trinajstić information content (AvgIpc) is 2.73. The fraction of sp³-hybridized carbons (Fsp3) is 0.400. The summed E-state index contributed by atoms with van der Waals surface area (Å²) in [5.74, 6) is 1.58. The molecule has 0 bridgehead atoms. The zero-order valence-electron chi connectivity index (χ0n) is 14.9. The summed E-state index contributed by atoms with van der Waals surface area (Å²) in [7, 11) is 1.64. The van der Waals surface area contributed by atoms with Gasteiger partial charge in [-0.3, -0.25) is 9.78 Å². The molecule has 6 heteroatoms. The summed E-state index contributed by atoms with van der Waals surface area (Å²) in [6, 6.07) is 9.87. The first-order valence-electron chi connectivity index (χ1n) is 8.98. The van der Waals surface area contributed by atoms with Gasteiger partial charge in [0.15, 0.2) is 11.5 Å². The maximum atomic E-state index is 12.9. The standard InChI is InChI=1S/C20H23N3O3/c1-25-18-4-2-3-15-13-16(14-26-19(15)18)20(24)23-11-9-22(10-12-23)17-5-7-21-8-6-17/h2-8,16H,9-14H2,1H3/t16-/m0/s1. The zero-order valence-corrected chi connectivity index (χ0v) is 14.9. The molecule has 1 aromatic heterocycles. The van der Waals surface area contributed by atoms with Crippen LogP contribution in [0.5, 0.6) is 11.5 Å². The first-order valence-corrected chi connectivity index (χ1v) is 8.98. The molecule has 2 aliphatic rings. The van der Waals surface area contributed by atoms with Gasteiger partial charge in [-0.1, -0.05) is 12.1 Å². The van der Waals surface area contributed by atoms with Gasteiger partial charge in [0.1, 0.15) is 6.61 Å². The van der Waals surface area contributed by atoms with Crippen LogP contribution in [-0.4, -0.2) is 55.7 Å². The molecule has 3 heterocycles. The van der Waals surface area contributed by atoms with Gasteiger partial charge in [-0.15, -0.1) is 0 Å². The molecule has 0 saturated carbocycles. The molecule has 0 aliphatic carbocycles. The number of carbonyl (C=O) groups excluding carboxylic acids is 1. The molecule has 0 unspecified atom stereocenters. The van der Waals surface area contributed by atoms with Crippen molar-refractivity contribution in [2.45, 2.75) is 6.42 Å². The van der Waals surface area contributed by atoms with Gasteiger partial charge in [0.2, 0.25) is 5.91 Å². The van der Waals surface area contributed by atoms with E-state index in [1.165, 1.54) is 0 Å². The summed E-state index contributed by atoms with van der Waals surface area (Å²) in [6.45, 7) is 3.57. The molecule has 4 rings (SSSR count). The zero-order chi connectivity index (χ0) is 17.9. The van der Waals surface area contributed by atoms with Gasteiger partial charge in [-0.25, -0.2) is 0 Å². The Labute approximate surface area is 153 Å². The Balaban J connectivity index is 1.38. The van der Waals surface area contributed by atoms with Gasteiger partial charge >= 0.3 is 0 Å². The van der Waals surface area contributed by atoms with Crippen LogP contribution in [0, 0.1) is 5.92 Å². The smallest absolute Gasteiger partial charge is 0.229 e. The largest absolute Gasteiger partial charge is 0.493 e. The quantitative estimate of drug-likeness (QED) is 0.845. The van der Waals surface area contributed by atoms with E-state index in [1.807, 2.05) is 35.2 Å². The van der Waals surface area contributed by atoms with E-state index in [0.29, 0.717) is 13.0 Å². The highest BCUT2D eigenvalue weighted by Gasteiger charge is 2.32. The second-order valence-electron chi connectivity index (χ2n) is 6.68. The lowest BCUT2D eigenvalue weighted by Gasteiger charge is -2.38. The number of hydrogen-bond donors (Lipinski definition) is 0. The fourth-order valence-corrected chi connectivity index (χ4v) is 3.71. The molecule has 0 radical (unpaired) electrons. The lowest BCUT2D eigenvalue weighted by molar-refractivity contribution is -0.137. The molecular formula is C20H23N3O3. The van der Waals surface area contributed by atoms with E-state index in [9.17, 15) is 4.79 Å². The summed E-state index contributed by atoms with van der Waals surface area (Å²) in [5.41, 5.74) is 2.21. The summed E-state index contributed by atoms with van der Waals surface area (Å²) >= 11 is 0. The molecule has 2 aromatic rings. The van der Waals surface area contributed by atoms with E-state index < -0.39 is 0 Å². The molecule has 1 saturated heterocycles. The molecule has 2 aliphatic heterocycles. The van der Waals surface area contributed by atoms with Crippen LogP contribution in [0.4, 0.5) is 5.69 Å². The van der Waals surface area contributed by atoms with Crippen molar-refractivity contribution in [2.24, 2.45) is 5.92 Å². The summed E-state index contributed by atoms with van der Waals surface area (Å²) in [6.07, 6.45) is 4.31. The van der Waals surface area contributed by atoms with Gasteiger partial charge in [0.25, 0.3) is 0 Å². The maximum Gasteiger partial charge on any atom is 0.229 e. The lowest BCUT2D eigenvalue weighted by atomic mass is 9.95. The van der Waals surface area contributed by atoms with E-state index in [0.717, 1.165) is 48.9 Å². The number of fused-ring (bicyclic) bond motifs is 1. The van der Waals surface area contributed by atoms with Crippen LogP contribution in [0.3, 0.4) is 0 Å². The number of methoxy groups -OCH3 is 1. The molecule has 1 fully saturated rings. The third-order valence-corrected chi connectivity index (χ3v) is 5.14. The van der Waals surface area contributed by atoms with Gasteiger partial charge < -0.3 is 19.3 Å². The van der Waals surface area contributed by atoms with E-state index in [-0.39, 0.29) is 11.8 Å². The fourth-order valence-electron chi connectivity index (χ4n) is 3.71. The van der Waals surface area contributed by atoms with Crippen LogP contribution in [0.2, 0.25) is 0 Å². The minimum atomic E-state index is -0.123. The number of nitrogens with zero attached hydrogens (tertiary/aromatic N) is 3. The predicted molar refractivity (Wildman–Crippen MR) is 98.7 cm³/mol. The number of pyridine rings is 1. The lowest BCUT2D eigenvalue weighted by Crippen LogP contribution is -2.51. The minimum Gasteiger partial charge on any atom is -0.493 e. The van der Waals surface area contributed by atoms with E-state index in [4.69, 9.17) is 9.47 Å². The van der Waals surface area contributed by atoms with Crippen molar-refractivity contribution in [2.75, 3.05) is 44.8 Å². The van der Waals surface area contributed by atoms with E-state index in [1.54, 1.807) is 19.5 Å². The van der Waals surface area contributed by atoms with Crippen molar-refractivity contribution in [3.63, 3.8) is 0 Å². The number of aromatic nitrogens is 1. The van der Waals surface area contributed by atoms with Crippen molar-refractivity contribution < 1.29 is 14.3 Å². The number of hydrogen-bond acceptors (Lipinski definition) is 5. The Bertz CT molecular complexity index is 773. The highest BCUT2D eigenvalue weighted by molar-refractivity contribution is 5.80. The Hall–Kier alpha value is -2.76. The van der Waals surface area contributed by atoms with Crippen molar-refractivity contribution in [3.05, 3.63) is 48.3 Å². The Kier molecular flexibility index (Phi) is 4.65. The maximum absolute atomic E-state index is 12.9.